The monoisotopic (exact) mass is 235 g/mol. The third-order valence-electron chi connectivity index (χ3n) is 1.93. The highest BCUT2D eigenvalue weighted by molar-refractivity contribution is 6.36. The maximum Gasteiger partial charge on any atom is 0.147 e. The van der Waals surface area contributed by atoms with E-state index in [1.54, 1.807) is 0 Å². The minimum absolute atomic E-state index is 0.0109. The molecule has 1 aromatic carbocycles. The van der Waals surface area contributed by atoms with Gasteiger partial charge >= 0.3 is 0 Å². The molecule has 0 unspecified atom stereocenters. The second-order valence-corrected chi connectivity index (χ2v) is 4.99. The summed E-state index contributed by atoms with van der Waals surface area (Å²) in [5.41, 5.74) is 5.86. The third-order valence-corrected chi connectivity index (χ3v) is 2.62. The minimum Gasteiger partial charge on any atom is -0.397 e. The van der Waals surface area contributed by atoms with Crippen LogP contribution in [0.25, 0.3) is 0 Å². The molecule has 0 saturated carbocycles. The van der Waals surface area contributed by atoms with Crippen LogP contribution in [-0.4, -0.2) is 0 Å². The molecule has 1 rings (SSSR count). The van der Waals surface area contributed by atoms with E-state index >= 15 is 0 Å². The SMILES string of the molecule is CC(C)(C)c1c(F)c(Cl)cc(N)c1Cl. The Morgan fingerprint density at radius 1 is 1.29 bits per heavy atom. The van der Waals surface area contributed by atoms with Crippen molar-refractivity contribution < 1.29 is 4.39 Å². The number of halogens is 3. The quantitative estimate of drug-likeness (QED) is 0.534. The number of nitrogen functional groups attached to an aromatic ring is 1. The van der Waals surface area contributed by atoms with Crippen LogP contribution in [0.5, 0.6) is 0 Å². The van der Waals surface area contributed by atoms with E-state index in [1.165, 1.54) is 6.07 Å². The summed E-state index contributed by atoms with van der Waals surface area (Å²) in [5.74, 6) is -0.488. The van der Waals surface area contributed by atoms with E-state index in [1.807, 2.05) is 20.8 Å². The van der Waals surface area contributed by atoms with Crippen LogP contribution in [0.4, 0.5) is 10.1 Å². The molecule has 0 aliphatic heterocycles. The largest absolute Gasteiger partial charge is 0.397 e. The van der Waals surface area contributed by atoms with Gasteiger partial charge in [-0.15, -0.1) is 0 Å². The Labute approximate surface area is 93.0 Å². The first-order valence-electron chi connectivity index (χ1n) is 4.18. The summed E-state index contributed by atoms with van der Waals surface area (Å²) in [6, 6.07) is 1.33. The van der Waals surface area contributed by atoms with Gasteiger partial charge in [-0.2, -0.15) is 0 Å². The number of benzene rings is 1. The Hall–Kier alpha value is -0.470. The Bertz CT molecular complexity index is 343. The minimum atomic E-state index is -0.488. The van der Waals surface area contributed by atoms with Crippen LogP contribution >= 0.6 is 23.2 Å². The van der Waals surface area contributed by atoms with Crippen molar-refractivity contribution in [3.63, 3.8) is 0 Å². The smallest absolute Gasteiger partial charge is 0.147 e. The molecule has 0 saturated heterocycles. The first-order valence-corrected chi connectivity index (χ1v) is 4.94. The van der Waals surface area contributed by atoms with Crippen LogP contribution in [0, 0.1) is 5.82 Å². The lowest BCUT2D eigenvalue weighted by atomic mass is 9.86. The van der Waals surface area contributed by atoms with Gasteiger partial charge in [0, 0.05) is 5.56 Å². The molecule has 1 nitrogen and oxygen atoms in total. The zero-order valence-corrected chi connectivity index (χ0v) is 9.80. The summed E-state index contributed by atoms with van der Waals surface area (Å²) in [6.45, 7) is 5.56. The van der Waals surface area contributed by atoms with Gasteiger partial charge < -0.3 is 5.73 Å². The molecular weight excluding hydrogens is 224 g/mol. The summed E-state index contributed by atoms with van der Waals surface area (Å²) in [7, 11) is 0. The van der Waals surface area contributed by atoms with Crippen molar-refractivity contribution >= 4 is 28.9 Å². The molecule has 0 aliphatic carbocycles. The van der Waals surface area contributed by atoms with Crippen LogP contribution in [0.2, 0.25) is 10.0 Å². The molecule has 0 aliphatic rings. The molecule has 14 heavy (non-hydrogen) atoms. The van der Waals surface area contributed by atoms with Crippen molar-refractivity contribution in [2.45, 2.75) is 26.2 Å². The van der Waals surface area contributed by atoms with Gasteiger partial charge in [0.05, 0.1) is 15.7 Å². The molecule has 2 N–H and O–H groups in total. The van der Waals surface area contributed by atoms with Crippen molar-refractivity contribution in [1.82, 2.24) is 0 Å². The molecule has 1 aromatic rings. The van der Waals surface area contributed by atoms with Crippen LogP contribution in [0.15, 0.2) is 6.07 Å². The predicted octanol–water partition coefficient (Wildman–Crippen LogP) is 4.01. The summed E-state index contributed by atoms with van der Waals surface area (Å²) in [6.07, 6.45) is 0. The van der Waals surface area contributed by atoms with Gasteiger partial charge in [-0.25, -0.2) is 4.39 Å². The number of anilines is 1. The number of hydrogen-bond acceptors (Lipinski definition) is 1. The lowest BCUT2D eigenvalue weighted by Gasteiger charge is -2.22. The van der Waals surface area contributed by atoms with E-state index in [0.717, 1.165) is 0 Å². The summed E-state index contributed by atoms with van der Waals surface area (Å²) < 4.78 is 13.7. The summed E-state index contributed by atoms with van der Waals surface area (Å²) in [4.78, 5) is 0. The first kappa shape index (κ1) is 11.6. The molecule has 0 bridgehead atoms. The average Bonchev–Trinajstić information content (AvgIpc) is 1.98. The standard InChI is InChI=1S/C10H12Cl2FN/c1-10(2,3)7-8(12)6(14)4-5(11)9(7)13/h4H,14H2,1-3H3. The van der Waals surface area contributed by atoms with E-state index in [4.69, 9.17) is 28.9 Å². The Kier molecular flexibility index (Phi) is 2.98. The maximum absolute atomic E-state index is 13.7. The molecule has 0 amide bonds. The molecule has 4 heteroatoms. The van der Waals surface area contributed by atoms with Gasteiger partial charge in [-0.3, -0.25) is 0 Å². The number of rotatable bonds is 0. The molecule has 0 atom stereocenters. The Morgan fingerprint density at radius 3 is 2.21 bits per heavy atom. The zero-order valence-electron chi connectivity index (χ0n) is 8.29. The van der Waals surface area contributed by atoms with Gasteiger partial charge in [0.25, 0.3) is 0 Å². The highest BCUT2D eigenvalue weighted by Crippen LogP contribution is 2.38. The van der Waals surface area contributed by atoms with Crippen LogP contribution in [0.1, 0.15) is 26.3 Å². The predicted molar refractivity (Wildman–Crippen MR) is 59.5 cm³/mol. The zero-order chi connectivity index (χ0) is 11.1. The maximum atomic E-state index is 13.7. The second-order valence-electron chi connectivity index (χ2n) is 4.20. The van der Waals surface area contributed by atoms with Crippen molar-refractivity contribution in [2.75, 3.05) is 5.73 Å². The van der Waals surface area contributed by atoms with Gasteiger partial charge in [0.1, 0.15) is 5.82 Å². The van der Waals surface area contributed by atoms with Gasteiger partial charge in [0.15, 0.2) is 0 Å². The highest BCUT2D eigenvalue weighted by Gasteiger charge is 2.25. The fourth-order valence-corrected chi connectivity index (χ4v) is 1.91. The number of hydrogen-bond donors (Lipinski definition) is 1. The topological polar surface area (TPSA) is 26.0 Å². The van der Waals surface area contributed by atoms with Crippen molar-refractivity contribution in [2.24, 2.45) is 0 Å². The van der Waals surface area contributed by atoms with Gasteiger partial charge in [-0.1, -0.05) is 44.0 Å². The summed E-state index contributed by atoms with van der Waals surface area (Å²) in [5, 5.41) is 0.260. The molecule has 0 fully saturated rings. The Balaban J connectivity index is 3.56. The second kappa shape index (κ2) is 3.59. The van der Waals surface area contributed by atoms with Gasteiger partial charge in [0.2, 0.25) is 0 Å². The molecule has 0 spiro atoms. The fourth-order valence-electron chi connectivity index (χ4n) is 1.28. The van der Waals surface area contributed by atoms with Crippen molar-refractivity contribution in [3.8, 4) is 0 Å². The molecule has 0 heterocycles. The normalized spacial score (nSPS) is 11.9. The number of nitrogens with two attached hydrogens (primary N) is 1. The highest BCUT2D eigenvalue weighted by atomic mass is 35.5. The summed E-state index contributed by atoms with van der Waals surface area (Å²) >= 11 is 11.6. The first-order chi connectivity index (χ1) is 6.25. The van der Waals surface area contributed by atoms with E-state index in [-0.39, 0.29) is 10.0 Å². The lowest BCUT2D eigenvalue weighted by Crippen LogP contribution is -2.15. The third kappa shape index (κ3) is 1.96. The van der Waals surface area contributed by atoms with E-state index < -0.39 is 11.2 Å². The molecule has 78 valence electrons. The van der Waals surface area contributed by atoms with E-state index in [2.05, 4.69) is 0 Å². The molecule has 0 radical (unpaired) electrons. The van der Waals surface area contributed by atoms with Gasteiger partial charge in [-0.05, 0) is 11.5 Å². The lowest BCUT2D eigenvalue weighted by molar-refractivity contribution is 0.524. The van der Waals surface area contributed by atoms with Crippen molar-refractivity contribution in [3.05, 3.63) is 27.5 Å². The van der Waals surface area contributed by atoms with Crippen LogP contribution in [0.3, 0.4) is 0 Å². The van der Waals surface area contributed by atoms with E-state index in [9.17, 15) is 4.39 Å². The van der Waals surface area contributed by atoms with Crippen molar-refractivity contribution in [1.29, 1.82) is 0 Å². The molecular formula is C10H12Cl2FN. The van der Waals surface area contributed by atoms with Crippen LogP contribution in [-0.2, 0) is 5.41 Å². The molecule has 0 aromatic heterocycles. The Morgan fingerprint density at radius 2 is 1.79 bits per heavy atom. The van der Waals surface area contributed by atoms with E-state index in [0.29, 0.717) is 11.3 Å². The fraction of sp³-hybridized carbons (Fsp3) is 0.400. The average molecular weight is 236 g/mol. The van der Waals surface area contributed by atoms with Crippen LogP contribution < -0.4 is 5.73 Å².